The Morgan fingerprint density at radius 1 is 1.67 bits per heavy atom. The Morgan fingerprint density at radius 3 is 3.13 bits per heavy atom. The Hall–Kier alpha value is -0.450. The highest BCUT2D eigenvalue weighted by Gasteiger charge is 2.19. The smallest absolute Gasteiger partial charge is 0.0897 e. The number of aryl methyl sites for hydroxylation is 1. The van der Waals surface area contributed by atoms with Crippen LogP contribution in [0.1, 0.15) is 22.7 Å². The molecule has 2 heterocycles. The number of nitrogens with zero attached hydrogens (tertiary/aromatic N) is 2. The van der Waals surface area contributed by atoms with Crippen molar-refractivity contribution >= 4 is 11.3 Å². The van der Waals surface area contributed by atoms with Crippen LogP contribution in [0, 0.1) is 6.92 Å². The summed E-state index contributed by atoms with van der Waals surface area (Å²) >= 11 is 1.78. The van der Waals surface area contributed by atoms with Crippen molar-refractivity contribution in [1.82, 2.24) is 15.2 Å². The standard InChI is InChI=1S/C11H19N3S/c1-9-13-8-11(15-9)7-12-6-10-4-3-5-14(10)2/h8,10,12H,3-7H2,1-2H3. The second kappa shape index (κ2) is 5.05. The van der Waals surface area contributed by atoms with Crippen LogP contribution in [0.2, 0.25) is 0 Å². The molecule has 84 valence electrons. The lowest BCUT2D eigenvalue weighted by atomic mass is 10.2. The minimum absolute atomic E-state index is 0.735. The van der Waals surface area contributed by atoms with Crippen LogP contribution in [0.25, 0.3) is 0 Å². The van der Waals surface area contributed by atoms with Crippen LogP contribution in [-0.2, 0) is 6.54 Å². The Balaban J connectivity index is 1.70. The zero-order chi connectivity index (χ0) is 10.7. The molecule has 1 aliphatic rings. The number of likely N-dealkylation sites (tertiary alicyclic amines) is 1. The molecule has 0 aliphatic carbocycles. The van der Waals surface area contributed by atoms with E-state index in [-0.39, 0.29) is 0 Å². The fourth-order valence-electron chi connectivity index (χ4n) is 2.09. The molecule has 2 rings (SSSR count). The molecule has 0 aromatic carbocycles. The van der Waals surface area contributed by atoms with E-state index in [2.05, 4.69) is 29.2 Å². The minimum atomic E-state index is 0.735. The highest BCUT2D eigenvalue weighted by atomic mass is 32.1. The second-order valence-electron chi connectivity index (χ2n) is 4.25. The summed E-state index contributed by atoms with van der Waals surface area (Å²) < 4.78 is 0. The van der Waals surface area contributed by atoms with E-state index in [9.17, 15) is 0 Å². The summed E-state index contributed by atoms with van der Waals surface area (Å²) in [4.78, 5) is 8.04. The predicted molar refractivity (Wildman–Crippen MR) is 64.2 cm³/mol. The maximum Gasteiger partial charge on any atom is 0.0897 e. The first-order valence-electron chi connectivity index (χ1n) is 5.58. The molecule has 1 N–H and O–H groups in total. The van der Waals surface area contributed by atoms with Gasteiger partial charge in [-0.15, -0.1) is 11.3 Å². The Morgan fingerprint density at radius 2 is 2.53 bits per heavy atom. The van der Waals surface area contributed by atoms with Crippen molar-refractivity contribution in [2.24, 2.45) is 0 Å². The van der Waals surface area contributed by atoms with Crippen LogP contribution in [0.4, 0.5) is 0 Å². The average molecular weight is 225 g/mol. The lowest BCUT2D eigenvalue weighted by Gasteiger charge is -2.19. The van der Waals surface area contributed by atoms with Gasteiger partial charge in [-0.3, -0.25) is 0 Å². The van der Waals surface area contributed by atoms with Gasteiger partial charge in [-0.2, -0.15) is 0 Å². The summed E-state index contributed by atoms with van der Waals surface area (Å²) in [6.07, 6.45) is 4.67. The van der Waals surface area contributed by atoms with Crippen LogP contribution in [0.15, 0.2) is 6.20 Å². The quantitative estimate of drug-likeness (QED) is 0.844. The van der Waals surface area contributed by atoms with Gasteiger partial charge < -0.3 is 10.2 Å². The number of hydrogen-bond acceptors (Lipinski definition) is 4. The summed E-state index contributed by atoms with van der Waals surface area (Å²) in [6.45, 7) is 5.38. The van der Waals surface area contributed by atoms with Gasteiger partial charge in [0.2, 0.25) is 0 Å². The molecular formula is C11H19N3S. The minimum Gasteiger partial charge on any atom is -0.310 e. The van der Waals surface area contributed by atoms with Crippen molar-refractivity contribution in [1.29, 1.82) is 0 Å². The maximum absolute atomic E-state index is 4.25. The molecule has 0 saturated carbocycles. The van der Waals surface area contributed by atoms with Gasteiger partial charge in [-0.05, 0) is 33.4 Å². The van der Waals surface area contributed by atoms with E-state index in [1.807, 2.05) is 6.20 Å². The first kappa shape index (κ1) is 11.0. The van der Waals surface area contributed by atoms with Crippen molar-refractivity contribution in [2.45, 2.75) is 32.4 Å². The fourth-order valence-corrected chi connectivity index (χ4v) is 2.85. The number of hydrogen-bond donors (Lipinski definition) is 1. The molecule has 3 nitrogen and oxygen atoms in total. The predicted octanol–water partition coefficient (Wildman–Crippen LogP) is 1.64. The number of nitrogens with one attached hydrogen (secondary N) is 1. The van der Waals surface area contributed by atoms with Gasteiger partial charge in [0.05, 0.1) is 5.01 Å². The maximum atomic E-state index is 4.25. The van der Waals surface area contributed by atoms with Crippen LogP contribution >= 0.6 is 11.3 Å². The number of thiazole rings is 1. The van der Waals surface area contributed by atoms with Crippen molar-refractivity contribution in [3.8, 4) is 0 Å². The normalized spacial score (nSPS) is 22.4. The van der Waals surface area contributed by atoms with Crippen LogP contribution in [0.3, 0.4) is 0 Å². The largest absolute Gasteiger partial charge is 0.310 e. The van der Waals surface area contributed by atoms with Crippen LogP contribution in [0.5, 0.6) is 0 Å². The van der Waals surface area contributed by atoms with Gasteiger partial charge in [0, 0.05) is 30.2 Å². The molecule has 1 aliphatic heterocycles. The lowest BCUT2D eigenvalue weighted by Crippen LogP contribution is -2.35. The van der Waals surface area contributed by atoms with Crippen LogP contribution < -0.4 is 5.32 Å². The third-order valence-electron chi connectivity index (χ3n) is 3.02. The Labute approximate surface area is 95.5 Å². The zero-order valence-corrected chi connectivity index (χ0v) is 10.3. The first-order chi connectivity index (χ1) is 7.25. The van der Waals surface area contributed by atoms with Gasteiger partial charge in [0.1, 0.15) is 0 Å². The van der Waals surface area contributed by atoms with Gasteiger partial charge in [-0.1, -0.05) is 0 Å². The second-order valence-corrected chi connectivity index (χ2v) is 5.57. The molecule has 1 atom stereocenters. The van der Waals surface area contributed by atoms with E-state index in [1.54, 1.807) is 11.3 Å². The fraction of sp³-hybridized carbons (Fsp3) is 0.727. The average Bonchev–Trinajstić information content (AvgIpc) is 2.77. The van der Waals surface area contributed by atoms with Gasteiger partial charge in [0.15, 0.2) is 0 Å². The molecule has 1 aromatic heterocycles. The highest BCUT2D eigenvalue weighted by Crippen LogP contribution is 2.14. The number of likely N-dealkylation sites (N-methyl/N-ethyl adjacent to an activating group) is 1. The number of aromatic nitrogens is 1. The van der Waals surface area contributed by atoms with Crippen molar-refractivity contribution < 1.29 is 0 Å². The van der Waals surface area contributed by atoms with E-state index in [0.717, 1.165) is 24.1 Å². The van der Waals surface area contributed by atoms with E-state index in [0.29, 0.717) is 0 Å². The summed E-state index contributed by atoms with van der Waals surface area (Å²) in [6, 6.07) is 0.735. The van der Waals surface area contributed by atoms with Gasteiger partial charge in [0.25, 0.3) is 0 Å². The van der Waals surface area contributed by atoms with Crippen molar-refractivity contribution in [3.05, 3.63) is 16.1 Å². The van der Waals surface area contributed by atoms with Crippen molar-refractivity contribution in [3.63, 3.8) is 0 Å². The number of rotatable bonds is 4. The molecule has 4 heteroatoms. The molecule has 0 amide bonds. The van der Waals surface area contributed by atoms with Crippen LogP contribution in [-0.4, -0.2) is 36.1 Å². The molecule has 0 radical (unpaired) electrons. The van der Waals surface area contributed by atoms with Crippen molar-refractivity contribution in [2.75, 3.05) is 20.1 Å². The molecule has 1 fully saturated rings. The molecule has 1 aromatic rings. The van der Waals surface area contributed by atoms with E-state index in [1.165, 1.54) is 24.3 Å². The van der Waals surface area contributed by atoms with E-state index in [4.69, 9.17) is 0 Å². The monoisotopic (exact) mass is 225 g/mol. The lowest BCUT2D eigenvalue weighted by molar-refractivity contribution is 0.300. The third-order valence-corrected chi connectivity index (χ3v) is 3.93. The Bertz CT molecular complexity index is 311. The topological polar surface area (TPSA) is 28.2 Å². The SMILES string of the molecule is Cc1ncc(CNCC2CCCN2C)s1. The molecule has 15 heavy (non-hydrogen) atoms. The van der Waals surface area contributed by atoms with Gasteiger partial charge >= 0.3 is 0 Å². The summed E-state index contributed by atoms with van der Waals surface area (Å²) in [5.74, 6) is 0. The highest BCUT2D eigenvalue weighted by molar-refractivity contribution is 7.11. The zero-order valence-electron chi connectivity index (χ0n) is 9.49. The van der Waals surface area contributed by atoms with Gasteiger partial charge in [-0.25, -0.2) is 4.98 Å². The first-order valence-corrected chi connectivity index (χ1v) is 6.39. The molecule has 1 unspecified atom stereocenters. The molecular weight excluding hydrogens is 206 g/mol. The van der Waals surface area contributed by atoms with E-state index >= 15 is 0 Å². The summed E-state index contributed by atoms with van der Waals surface area (Å²) in [5.41, 5.74) is 0. The molecule has 0 bridgehead atoms. The summed E-state index contributed by atoms with van der Waals surface area (Å²) in [5, 5.41) is 4.67. The summed E-state index contributed by atoms with van der Waals surface area (Å²) in [7, 11) is 2.22. The Kier molecular flexibility index (Phi) is 3.72. The van der Waals surface area contributed by atoms with E-state index < -0.39 is 0 Å². The molecule has 1 saturated heterocycles. The molecule has 0 spiro atoms. The third kappa shape index (κ3) is 3.00.